The van der Waals surface area contributed by atoms with Gasteiger partial charge in [-0.25, -0.2) is 8.78 Å². The fourth-order valence-corrected chi connectivity index (χ4v) is 7.31. The number of halogens is 4. The van der Waals surface area contributed by atoms with E-state index in [9.17, 15) is 33.1 Å². The summed E-state index contributed by atoms with van der Waals surface area (Å²) < 4.78 is 41.2. The zero-order chi connectivity index (χ0) is 40.3. The Bertz CT molecular complexity index is 2110. The number of ketones is 1. The van der Waals surface area contributed by atoms with Gasteiger partial charge in [-0.05, 0) is 82.6 Å². The first-order valence-corrected chi connectivity index (χ1v) is 19.2. The number of benzene rings is 2. The monoisotopic (exact) mass is 813 g/mol. The first kappa shape index (κ1) is 40.7. The van der Waals surface area contributed by atoms with Crippen LogP contribution in [0.4, 0.5) is 8.78 Å². The molecule has 4 aromatic rings. The summed E-state index contributed by atoms with van der Waals surface area (Å²) >= 11 is 11.8. The molecular weight excluding hydrogens is 771 g/mol. The van der Waals surface area contributed by atoms with Crippen molar-refractivity contribution in [3.05, 3.63) is 104 Å². The lowest BCUT2D eigenvalue weighted by molar-refractivity contribution is 0.0852. The molecule has 2 aromatic carbocycles. The number of aromatic amines is 2. The van der Waals surface area contributed by atoms with Crippen LogP contribution in [0.5, 0.6) is 11.5 Å². The molecule has 0 spiro atoms. The zero-order valence-corrected chi connectivity index (χ0v) is 32.5. The topological polar surface area (TPSA) is 175 Å². The molecule has 298 valence electrons. The Kier molecular flexibility index (Phi) is 12.7. The molecule has 0 aliphatic heterocycles. The van der Waals surface area contributed by atoms with Gasteiger partial charge in [-0.2, -0.15) is 0 Å². The summed E-state index contributed by atoms with van der Waals surface area (Å²) in [6.45, 7) is 4.80. The SMILES string of the molecule is CC(=O)c1[nH]c(C(=O)NC2CC(CNC(=O)c3[nH]c(C(=O)NC4CCC(O)CC4)cc3OC(C)c3ccc(Cl)cc3F)C2)cc1OC(C)c1ccc(Cl)cc1F. The van der Waals surface area contributed by atoms with Crippen LogP contribution in [-0.2, 0) is 0 Å². The van der Waals surface area contributed by atoms with Crippen molar-refractivity contribution < 1.29 is 42.5 Å². The van der Waals surface area contributed by atoms with Crippen molar-refractivity contribution in [1.29, 1.82) is 0 Å². The smallest absolute Gasteiger partial charge is 0.271 e. The standard InChI is InChI=1S/C40H43Cl2F2N5O7/c1-19(50)36-34(55-20(2)28-10-4-23(41)14-30(28)43)16-32(48-36)39(53)47-26-12-22(13-26)18-45-40(54)37-35(56-21(3)29-11-5-24(42)15-31(29)44)17-33(49-37)38(52)46-25-6-8-27(51)9-7-25/h4-5,10-11,14-17,20-22,25-27,48-49,51H,6-9,12-13,18H2,1-3H3,(H,45,54)(H,46,52)(H,47,53). The highest BCUT2D eigenvalue weighted by Gasteiger charge is 2.33. The molecule has 0 bridgehead atoms. The normalized spacial score (nSPS) is 20.3. The van der Waals surface area contributed by atoms with Crippen molar-refractivity contribution in [1.82, 2.24) is 25.9 Å². The minimum atomic E-state index is -0.843. The van der Waals surface area contributed by atoms with E-state index in [1.165, 1.54) is 49.4 Å². The predicted molar refractivity (Wildman–Crippen MR) is 205 cm³/mol. The van der Waals surface area contributed by atoms with Crippen LogP contribution in [0.3, 0.4) is 0 Å². The van der Waals surface area contributed by atoms with Gasteiger partial charge in [-0.3, -0.25) is 19.2 Å². The Morgan fingerprint density at radius 2 is 1.23 bits per heavy atom. The van der Waals surface area contributed by atoms with Gasteiger partial charge in [0.15, 0.2) is 11.5 Å². The average Bonchev–Trinajstić information content (AvgIpc) is 3.75. The Labute approximate surface area is 332 Å². The molecule has 2 atom stereocenters. The van der Waals surface area contributed by atoms with Gasteiger partial charge in [-0.1, -0.05) is 35.3 Å². The maximum atomic E-state index is 14.7. The lowest BCUT2D eigenvalue weighted by Crippen LogP contribution is -2.47. The number of nitrogens with one attached hydrogen (secondary N) is 5. The fourth-order valence-electron chi connectivity index (χ4n) is 6.99. The van der Waals surface area contributed by atoms with Gasteiger partial charge < -0.3 is 40.5 Å². The molecule has 16 heteroatoms. The number of hydrogen-bond donors (Lipinski definition) is 6. The molecule has 2 saturated carbocycles. The van der Waals surface area contributed by atoms with Crippen LogP contribution in [-0.4, -0.2) is 63.3 Å². The Balaban J connectivity index is 1.06. The second kappa shape index (κ2) is 17.5. The summed E-state index contributed by atoms with van der Waals surface area (Å²) in [5.41, 5.74) is 0.677. The fraction of sp³-hybridized carbons (Fsp3) is 0.400. The van der Waals surface area contributed by atoms with Crippen molar-refractivity contribution in [2.45, 2.75) is 89.7 Å². The van der Waals surface area contributed by atoms with Crippen LogP contribution in [0.1, 0.15) is 125 Å². The summed E-state index contributed by atoms with van der Waals surface area (Å²) in [4.78, 5) is 57.9. The quantitative estimate of drug-likeness (QED) is 0.0721. The van der Waals surface area contributed by atoms with Gasteiger partial charge >= 0.3 is 0 Å². The molecule has 12 nitrogen and oxygen atoms in total. The second-order valence-electron chi connectivity index (χ2n) is 14.4. The third kappa shape index (κ3) is 9.71. The lowest BCUT2D eigenvalue weighted by Gasteiger charge is -2.35. The number of carbonyl (C=O) groups excluding carboxylic acids is 4. The van der Waals surface area contributed by atoms with Crippen LogP contribution in [0, 0.1) is 17.6 Å². The second-order valence-corrected chi connectivity index (χ2v) is 15.3. The van der Waals surface area contributed by atoms with E-state index in [2.05, 4.69) is 25.9 Å². The largest absolute Gasteiger partial charge is 0.484 e. The van der Waals surface area contributed by atoms with Crippen LogP contribution >= 0.6 is 23.2 Å². The molecule has 6 N–H and O–H groups in total. The Morgan fingerprint density at radius 3 is 1.73 bits per heavy atom. The van der Waals surface area contributed by atoms with Crippen molar-refractivity contribution in [2.75, 3.05) is 6.54 Å². The van der Waals surface area contributed by atoms with E-state index in [0.29, 0.717) is 38.5 Å². The molecule has 6 rings (SSSR count). The molecule has 2 fully saturated rings. The highest BCUT2D eigenvalue weighted by atomic mass is 35.5. The van der Waals surface area contributed by atoms with Crippen LogP contribution in [0.25, 0.3) is 0 Å². The van der Waals surface area contributed by atoms with Crippen LogP contribution in [0.15, 0.2) is 48.5 Å². The van der Waals surface area contributed by atoms with Crippen molar-refractivity contribution in [3.63, 3.8) is 0 Å². The molecule has 2 aliphatic carbocycles. The number of H-pyrrole nitrogens is 2. The molecular formula is C40H43Cl2F2N5O7. The molecule has 2 unspecified atom stereocenters. The maximum absolute atomic E-state index is 14.7. The molecule has 0 saturated heterocycles. The number of aromatic nitrogens is 2. The molecule has 0 radical (unpaired) electrons. The highest BCUT2D eigenvalue weighted by molar-refractivity contribution is 6.30. The number of carbonyl (C=O) groups is 4. The summed E-state index contributed by atoms with van der Waals surface area (Å²) in [5.74, 6) is -2.80. The Morgan fingerprint density at radius 1 is 0.750 bits per heavy atom. The van der Waals surface area contributed by atoms with Gasteiger partial charge in [0, 0.05) is 58.9 Å². The van der Waals surface area contributed by atoms with Crippen LogP contribution in [0.2, 0.25) is 10.0 Å². The van der Waals surface area contributed by atoms with E-state index >= 15 is 0 Å². The first-order chi connectivity index (χ1) is 26.6. The van der Waals surface area contributed by atoms with Crippen molar-refractivity contribution in [2.24, 2.45) is 5.92 Å². The summed E-state index contributed by atoms with van der Waals surface area (Å²) in [7, 11) is 0. The van der Waals surface area contributed by atoms with E-state index in [-0.39, 0.29) is 91.9 Å². The van der Waals surface area contributed by atoms with Gasteiger partial charge in [0.05, 0.1) is 6.10 Å². The van der Waals surface area contributed by atoms with Crippen molar-refractivity contribution in [3.8, 4) is 11.5 Å². The number of hydrogen-bond acceptors (Lipinski definition) is 7. The van der Waals surface area contributed by atoms with Gasteiger partial charge in [0.25, 0.3) is 17.7 Å². The minimum absolute atomic E-state index is 0.0144. The van der Waals surface area contributed by atoms with E-state index < -0.39 is 41.6 Å². The number of aliphatic hydroxyl groups is 1. The Hall–Kier alpha value is -4.92. The molecule has 3 amide bonds. The maximum Gasteiger partial charge on any atom is 0.271 e. The van der Waals surface area contributed by atoms with E-state index in [4.69, 9.17) is 32.7 Å². The third-order valence-corrected chi connectivity index (χ3v) is 10.7. The number of rotatable bonds is 14. The number of amides is 3. The lowest BCUT2D eigenvalue weighted by atomic mass is 9.80. The summed E-state index contributed by atoms with van der Waals surface area (Å²) in [5, 5.41) is 19.0. The average molecular weight is 815 g/mol. The minimum Gasteiger partial charge on any atom is -0.484 e. The molecule has 2 heterocycles. The highest BCUT2D eigenvalue weighted by Crippen LogP contribution is 2.32. The van der Waals surface area contributed by atoms with Gasteiger partial charge in [0.1, 0.15) is 52.4 Å². The number of Topliss-reactive ketones (excluding diaryl/α,β-unsaturated/α-hetero) is 1. The third-order valence-electron chi connectivity index (χ3n) is 10.2. The van der Waals surface area contributed by atoms with Gasteiger partial charge in [-0.15, -0.1) is 0 Å². The van der Waals surface area contributed by atoms with Crippen molar-refractivity contribution >= 4 is 46.7 Å². The van der Waals surface area contributed by atoms with Gasteiger partial charge in [0.2, 0.25) is 0 Å². The number of ether oxygens (including phenoxy) is 2. The molecule has 56 heavy (non-hydrogen) atoms. The molecule has 2 aromatic heterocycles. The van der Waals surface area contributed by atoms with E-state index in [1.807, 2.05) is 0 Å². The molecule has 2 aliphatic rings. The zero-order valence-electron chi connectivity index (χ0n) is 30.9. The first-order valence-electron chi connectivity index (χ1n) is 18.4. The van der Waals surface area contributed by atoms with Crippen LogP contribution < -0.4 is 25.4 Å². The number of aliphatic hydroxyl groups excluding tert-OH is 1. The summed E-state index contributed by atoms with van der Waals surface area (Å²) in [6.07, 6.45) is 1.46. The van der Waals surface area contributed by atoms with E-state index in [0.717, 1.165) is 6.07 Å². The predicted octanol–water partition coefficient (Wildman–Crippen LogP) is 7.38. The van der Waals surface area contributed by atoms with E-state index in [1.54, 1.807) is 13.8 Å². The summed E-state index contributed by atoms with van der Waals surface area (Å²) in [6, 6.07) is 10.8.